The molecule has 1 aromatic heterocycles. The first-order valence-corrected chi connectivity index (χ1v) is 20.4. The van der Waals surface area contributed by atoms with Gasteiger partial charge in [-0.3, -0.25) is 19.4 Å². The van der Waals surface area contributed by atoms with Gasteiger partial charge in [0.15, 0.2) is 5.78 Å². The summed E-state index contributed by atoms with van der Waals surface area (Å²) in [5, 5.41) is 8.09. The van der Waals surface area contributed by atoms with E-state index in [1.165, 1.54) is 12.1 Å². The van der Waals surface area contributed by atoms with Crippen molar-refractivity contribution in [3.63, 3.8) is 0 Å². The van der Waals surface area contributed by atoms with Crippen LogP contribution in [0.2, 0.25) is 0 Å². The summed E-state index contributed by atoms with van der Waals surface area (Å²) in [5.41, 5.74) is 3.67. The third kappa shape index (κ3) is 12.7. The highest BCUT2D eigenvalue weighted by molar-refractivity contribution is 6.00. The number of benzene rings is 4. The van der Waals surface area contributed by atoms with Crippen LogP contribution in [0.25, 0.3) is 11.5 Å². The standard InChI is InChI=1S/C23H24F3N3O3.C22H21F3N4O2/c24-23(25,26)21(31)27-15-20(30)18-11-9-17(10-12-18)16-29(19-7-3-1-4-8-19)22(32)28-13-5-2-6-14-28;23-22(24,25)20-27-26-19(31-20)17-11-9-16(10-12-17)15-29(18-7-3-1-4-8-18)21(30)28-13-5-2-6-14-28/h1,3-4,7-12H,2,5-6,13-16H2,(H,27,31);1,3-4,7-12H,2,5-6,13-15H2. The smallest absolute Gasteiger partial charge is 0.413 e. The number of hydrogen-bond donors (Lipinski definition) is 1. The number of Topliss-reactive ketones (excluding diaryl/α,β-unsaturated/α-hetero) is 1. The number of halogens is 6. The second kappa shape index (κ2) is 20.9. The number of carbonyl (C=O) groups is 4. The lowest BCUT2D eigenvalue weighted by molar-refractivity contribution is -0.173. The van der Waals surface area contributed by atoms with Crippen molar-refractivity contribution in [1.29, 1.82) is 0 Å². The van der Waals surface area contributed by atoms with E-state index in [1.54, 1.807) is 51.5 Å². The molecule has 0 unspecified atom stereocenters. The summed E-state index contributed by atoms with van der Waals surface area (Å²) in [7, 11) is 0. The number of piperidine rings is 2. The molecule has 0 radical (unpaired) electrons. The van der Waals surface area contributed by atoms with E-state index in [4.69, 9.17) is 4.42 Å². The minimum Gasteiger partial charge on any atom is -0.413 e. The van der Waals surface area contributed by atoms with Crippen LogP contribution in [-0.4, -0.2) is 82.6 Å². The summed E-state index contributed by atoms with van der Waals surface area (Å²) in [6, 6.07) is 31.5. The van der Waals surface area contributed by atoms with Gasteiger partial charge in [-0.25, -0.2) is 9.59 Å². The van der Waals surface area contributed by atoms with Gasteiger partial charge in [-0.05, 0) is 86.1 Å². The van der Waals surface area contributed by atoms with E-state index in [1.807, 2.05) is 70.5 Å². The normalized spacial score (nSPS) is 14.3. The van der Waals surface area contributed by atoms with Gasteiger partial charge < -0.3 is 19.5 Å². The molecule has 63 heavy (non-hydrogen) atoms. The van der Waals surface area contributed by atoms with Crippen molar-refractivity contribution in [2.24, 2.45) is 0 Å². The molecule has 332 valence electrons. The number of ketones is 1. The van der Waals surface area contributed by atoms with Gasteiger partial charge in [-0.15, -0.1) is 10.2 Å². The number of alkyl halides is 6. The summed E-state index contributed by atoms with van der Waals surface area (Å²) < 4.78 is 79.5. The predicted molar refractivity (Wildman–Crippen MR) is 221 cm³/mol. The lowest BCUT2D eigenvalue weighted by Crippen LogP contribution is -2.45. The number of para-hydroxylation sites is 2. The van der Waals surface area contributed by atoms with E-state index in [-0.39, 0.29) is 30.1 Å². The van der Waals surface area contributed by atoms with Crippen molar-refractivity contribution in [2.45, 2.75) is 64.0 Å². The summed E-state index contributed by atoms with van der Waals surface area (Å²) >= 11 is 0. The van der Waals surface area contributed by atoms with Gasteiger partial charge in [0.1, 0.15) is 0 Å². The SMILES string of the molecule is O=C(CNC(=O)C(F)(F)F)c1ccc(CN(C(=O)N2CCCCC2)c2ccccc2)cc1.O=C(N1CCCCC1)N(Cc1ccc(-c2nnc(C(F)(F)F)o2)cc1)c1ccccc1. The van der Waals surface area contributed by atoms with Crippen molar-refractivity contribution < 1.29 is 49.9 Å². The fourth-order valence-corrected chi connectivity index (χ4v) is 7.00. The first-order chi connectivity index (χ1) is 30.2. The number of aromatic nitrogens is 2. The van der Waals surface area contributed by atoms with Crippen molar-refractivity contribution in [1.82, 2.24) is 25.3 Å². The molecule has 12 nitrogen and oxygen atoms in total. The molecule has 5 aromatic rings. The maximum Gasteiger partial charge on any atom is 0.471 e. The number of rotatable bonds is 10. The Bertz CT molecular complexity index is 2280. The molecule has 2 aliphatic rings. The van der Waals surface area contributed by atoms with Crippen LogP contribution in [0.3, 0.4) is 0 Å². The molecule has 0 bridgehead atoms. The molecule has 0 spiro atoms. The molecule has 1 N–H and O–H groups in total. The maximum atomic E-state index is 13.2. The molecule has 2 saturated heterocycles. The van der Waals surface area contributed by atoms with E-state index in [0.717, 1.165) is 74.1 Å². The van der Waals surface area contributed by atoms with Gasteiger partial charge in [0.05, 0.1) is 19.6 Å². The van der Waals surface area contributed by atoms with Crippen LogP contribution in [0.5, 0.6) is 0 Å². The minimum atomic E-state index is -5.04. The van der Waals surface area contributed by atoms with Gasteiger partial charge in [0, 0.05) is 48.7 Å². The Kier molecular flexibility index (Phi) is 15.2. The Balaban J connectivity index is 0.000000210. The summed E-state index contributed by atoms with van der Waals surface area (Å²) in [5.74, 6) is -4.38. The Labute approximate surface area is 359 Å². The zero-order valence-electron chi connectivity index (χ0n) is 34.1. The minimum absolute atomic E-state index is 0.0540. The largest absolute Gasteiger partial charge is 0.471 e. The molecule has 0 aliphatic carbocycles. The Morgan fingerprint density at radius 1 is 0.587 bits per heavy atom. The van der Waals surface area contributed by atoms with Crippen LogP contribution in [-0.2, 0) is 24.1 Å². The van der Waals surface area contributed by atoms with Crippen molar-refractivity contribution >= 4 is 35.1 Å². The molecule has 0 saturated carbocycles. The molecule has 7 rings (SSSR count). The van der Waals surface area contributed by atoms with Crippen molar-refractivity contribution in [3.05, 3.63) is 132 Å². The van der Waals surface area contributed by atoms with E-state index in [9.17, 15) is 45.5 Å². The van der Waals surface area contributed by atoms with Crippen LogP contribution in [0.1, 0.15) is 65.9 Å². The van der Waals surface area contributed by atoms with E-state index < -0.39 is 36.5 Å². The highest BCUT2D eigenvalue weighted by Gasteiger charge is 2.39. The first kappa shape index (κ1) is 45.8. The van der Waals surface area contributed by atoms with E-state index >= 15 is 0 Å². The fraction of sp³-hybridized carbons (Fsp3) is 0.333. The van der Waals surface area contributed by atoms with Crippen LogP contribution in [0.15, 0.2) is 114 Å². The summed E-state index contributed by atoms with van der Waals surface area (Å²) in [6.45, 7) is 2.75. The van der Waals surface area contributed by atoms with Gasteiger partial charge in [-0.1, -0.05) is 72.8 Å². The number of urea groups is 2. The zero-order chi connectivity index (χ0) is 45.0. The molecule has 2 fully saturated rings. The van der Waals surface area contributed by atoms with E-state index in [0.29, 0.717) is 25.2 Å². The number of anilines is 2. The molecular formula is C45H45F6N7O5. The molecule has 5 amide bonds. The molecule has 0 atom stereocenters. The van der Waals surface area contributed by atoms with Crippen LogP contribution in [0.4, 0.5) is 47.3 Å². The third-order valence-electron chi connectivity index (χ3n) is 10.3. The lowest BCUT2D eigenvalue weighted by Gasteiger charge is -2.33. The molecule has 2 aliphatic heterocycles. The van der Waals surface area contributed by atoms with Gasteiger partial charge in [0.2, 0.25) is 5.89 Å². The molecular weight excluding hydrogens is 833 g/mol. The highest BCUT2D eigenvalue weighted by atomic mass is 19.4. The van der Waals surface area contributed by atoms with Gasteiger partial charge >= 0.3 is 36.2 Å². The predicted octanol–water partition coefficient (Wildman–Crippen LogP) is 9.53. The quantitative estimate of drug-likeness (QED) is 0.109. The Morgan fingerprint density at radius 3 is 1.44 bits per heavy atom. The van der Waals surface area contributed by atoms with Crippen molar-refractivity contribution in [3.8, 4) is 11.5 Å². The number of carbonyl (C=O) groups excluding carboxylic acids is 4. The topological polar surface area (TPSA) is 132 Å². The van der Waals surface area contributed by atoms with Crippen LogP contribution >= 0.6 is 0 Å². The van der Waals surface area contributed by atoms with E-state index in [2.05, 4.69) is 10.2 Å². The number of hydrogen-bond acceptors (Lipinski definition) is 7. The fourth-order valence-electron chi connectivity index (χ4n) is 7.00. The Hall–Kier alpha value is -6.72. The lowest BCUT2D eigenvalue weighted by atomic mass is 10.1. The van der Waals surface area contributed by atoms with Gasteiger partial charge in [-0.2, -0.15) is 26.3 Å². The average molecular weight is 878 g/mol. The number of nitrogens with zero attached hydrogens (tertiary/aromatic N) is 6. The maximum absolute atomic E-state index is 13.2. The molecule has 4 aromatic carbocycles. The van der Waals surface area contributed by atoms with Gasteiger partial charge in [0.25, 0.3) is 0 Å². The highest BCUT2D eigenvalue weighted by Crippen LogP contribution is 2.31. The second-order valence-corrected chi connectivity index (χ2v) is 14.9. The van der Waals surface area contributed by atoms with Crippen LogP contribution in [0, 0.1) is 0 Å². The summed E-state index contributed by atoms with van der Waals surface area (Å²) in [4.78, 5) is 56.4. The van der Waals surface area contributed by atoms with Crippen LogP contribution < -0.4 is 15.1 Å². The monoisotopic (exact) mass is 877 g/mol. The summed E-state index contributed by atoms with van der Waals surface area (Å²) in [6.07, 6.45) is -3.56. The number of amides is 5. The zero-order valence-corrected chi connectivity index (χ0v) is 34.1. The molecule has 3 heterocycles. The first-order valence-electron chi connectivity index (χ1n) is 20.4. The second-order valence-electron chi connectivity index (χ2n) is 14.9. The Morgan fingerprint density at radius 2 is 1.03 bits per heavy atom. The van der Waals surface area contributed by atoms with Crippen molar-refractivity contribution in [2.75, 3.05) is 42.5 Å². The molecule has 18 heteroatoms. The average Bonchev–Trinajstić information content (AvgIpc) is 3.82. The third-order valence-corrected chi connectivity index (χ3v) is 10.3. The number of likely N-dealkylation sites (tertiary alicyclic amines) is 2. The number of nitrogens with one attached hydrogen (secondary N) is 1.